The number of carbonyl (C=O) groups excluding carboxylic acids is 2. The Balaban J connectivity index is 1.20. The molecular weight excluding hydrogens is 676 g/mol. The van der Waals surface area contributed by atoms with Crippen molar-refractivity contribution in [3.8, 4) is 10.8 Å². The average Bonchev–Trinajstić information content (AvgIpc) is 3.51. The molecule has 4 aromatic rings. The van der Waals surface area contributed by atoms with Crippen LogP contribution in [0.3, 0.4) is 0 Å². The molecule has 1 aliphatic rings. The Morgan fingerprint density at radius 2 is 1.66 bits per heavy atom. The number of thiophene rings is 1. The van der Waals surface area contributed by atoms with E-state index in [1.54, 1.807) is 11.3 Å². The van der Waals surface area contributed by atoms with E-state index in [9.17, 15) is 9.59 Å². The number of aromatic nitrogens is 3. The van der Waals surface area contributed by atoms with Gasteiger partial charge in [0.05, 0.1) is 25.3 Å². The Morgan fingerprint density at radius 1 is 0.960 bits per heavy atom. The number of benzene rings is 2. The van der Waals surface area contributed by atoms with E-state index in [4.69, 9.17) is 30.8 Å². The summed E-state index contributed by atoms with van der Waals surface area (Å²) in [6.07, 6.45) is 0.237. The minimum atomic E-state index is -0.570. The molecule has 0 unspecified atom stereocenters. The van der Waals surface area contributed by atoms with Gasteiger partial charge in [0.1, 0.15) is 33.8 Å². The van der Waals surface area contributed by atoms with Crippen molar-refractivity contribution in [2.24, 2.45) is 4.99 Å². The lowest BCUT2D eigenvalue weighted by Crippen LogP contribution is -2.34. The molecule has 3 heterocycles. The van der Waals surface area contributed by atoms with Crippen LogP contribution in [0.1, 0.15) is 86.7 Å². The Labute approximate surface area is 302 Å². The fourth-order valence-electron chi connectivity index (χ4n) is 5.46. The highest BCUT2D eigenvalue weighted by atomic mass is 35.5. The number of aliphatic imine (C=N–C) groups is 1. The van der Waals surface area contributed by atoms with E-state index in [0.29, 0.717) is 48.5 Å². The zero-order valence-corrected chi connectivity index (χ0v) is 31.4. The number of carbonyl (C=O) groups is 2. The van der Waals surface area contributed by atoms with E-state index in [2.05, 4.69) is 34.7 Å². The van der Waals surface area contributed by atoms with Gasteiger partial charge in [-0.05, 0) is 97.4 Å². The maximum absolute atomic E-state index is 13.5. The van der Waals surface area contributed by atoms with Crippen molar-refractivity contribution in [3.05, 3.63) is 86.8 Å². The standard InChI is InChI=1S/C37H45ClN6O5S/c1-22-23(2)50-34-31(22)32(25-9-11-26(38)12-10-25)41-29(33-43-42-24(3)44(33)34)21-30(45)40-27-13-15-28(16-14-27)48-37(7,8)17-19-47-20-18-39-35(46)49-36(4,5)6/h9-16,29H,17-21H2,1-8H3,(H,39,46)(H,40,45)/t29-/m0/s1. The number of anilines is 1. The quantitative estimate of drug-likeness (QED) is 0.142. The van der Waals surface area contributed by atoms with Crippen LogP contribution in [0.5, 0.6) is 5.75 Å². The summed E-state index contributed by atoms with van der Waals surface area (Å²) in [4.78, 5) is 31.6. The molecular formula is C37H45ClN6O5S. The van der Waals surface area contributed by atoms with E-state index in [1.165, 1.54) is 4.88 Å². The van der Waals surface area contributed by atoms with Gasteiger partial charge in [-0.1, -0.05) is 23.7 Å². The van der Waals surface area contributed by atoms with Crippen molar-refractivity contribution < 1.29 is 23.8 Å². The van der Waals surface area contributed by atoms with Crippen LogP contribution in [0.25, 0.3) is 5.00 Å². The second kappa shape index (κ2) is 15.3. The molecule has 13 heteroatoms. The topological polar surface area (TPSA) is 129 Å². The molecule has 266 valence electrons. The van der Waals surface area contributed by atoms with Crippen LogP contribution in [0, 0.1) is 20.8 Å². The van der Waals surface area contributed by atoms with Crippen LogP contribution in [0.15, 0.2) is 53.5 Å². The molecule has 0 spiro atoms. The highest BCUT2D eigenvalue weighted by Crippen LogP contribution is 2.39. The number of fused-ring (bicyclic) bond motifs is 3. The number of alkyl carbamates (subject to hydrolysis) is 1. The van der Waals surface area contributed by atoms with Crippen molar-refractivity contribution >= 4 is 46.3 Å². The molecule has 0 radical (unpaired) electrons. The number of rotatable bonds is 12. The summed E-state index contributed by atoms with van der Waals surface area (Å²) in [5.74, 6) is 1.83. The number of hydrogen-bond acceptors (Lipinski definition) is 9. The smallest absolute Gasteiger partial charge is 0.407 e. The molecule has 0 saturated heterocycles. The van der Waals surface area contributed by atoms with Gasteiger partial charge in [-0.2, -0.15) is 0 Å². The number of aryl methyl sites for hydroxylation is 2. The largest absolute Gasteiger partial charge is 0.488 e. The second-order valence-corrected chi connectivity index (χ2v) is 15.5. The molecule has 0 saturated carbocycles. The number of nitrogens with one attached hydrogen (secondary N) is 2. The summed E-state index contributed by atoms with van der Waals surface area (Å²) in [5, 5.41) is 16.2. The molecule has 0 fully saturated rings. The lowest BCUT2D eigenvalue weighted by Gasteiger charge is -2.26. The molecule has 1 atom stereocenters. The fraction of sp³-hybridized carbons (Fsp3) is 0.432. The molecule has 11 nitrogen and oxygen atoms in total. The third-order valence-corrected chi connectivity index (χ3v) is 9.48. The normalized spacial score (nSPS) is 14.3. The minimum Gasteiger partial charge on any atom is -0.488 e. The Morgan fingerprint density at radius 3 is 2.34 bits per heavy atom. The number of ether oxygens (including phenoxy) is 3. The summed E-state index contributed by atoms with van der Waals surface area (Å²) >= 11 is 7.90. The fourth-order valence-corrected chi connectivity index (χ4v) is 6.80. The van der Waals surface area contributed by atoms with Crippen molar-refractivity contribution in [1.29, 1.82) is 0 Å². The van der Waals surface area contributed by atoms with E-state index in [-0.39, 0.29) is 12.3 Å². The Kier molecular flexibility index (Phi) is 11.3. The third-order valence-electron chi connectivity index (χ3n) is 8.03. The van der Waals surface area contributed by atoms with Crippen molar-refractivity contribution in [2.45, 2.75) is 85.5 Å². The van der Waals surface area contributed by atoms with Crippen molar-refractivity contribution in [2.75, 3.05) is 25.1 Å². The maximum atomic E-state index is 13.5. The molecule has 2 amide bonds. The van der Waals surface area contributed by atoms with Gasteiger partial charge in [0.15, 0.2) is 5.82 Å². The van der Waals surface area contributed by atoms with Crippen LogP contribution in [-0.2, 0) is 14.3 Å². The highest BCUT2D eigenvalue weighted by Gasteiger charge is 2.32. The van der Waals surface area contributed by atoms with Gasteiger partial charge in [-0.25, -0.2) is 4.79 Å². The third kappa shape index (κ3) is 9.29. The lowest BCUT2D eigenvalue weighted by atomic mass is 9.99. The predicted octanol–water partition coefficient (Wildman–Crippen LogP) is 7.92. The first-order chi connectivity index (χ1) is 23.6. The summed E-state index contributed by atoms with van der Waals surface area (Å²) in [5.41, 5.74) is 3.46. The first-order valence-electron chi connectivity index (χ1n) is 16.6. The summed E-state index contributed by atoms with van der Waals surface area (Å²) in [6.45, 7) is 16.7. The molecule has 2 N–H and O–H groups in total. The monoisotopic (exact) mass is 720 g/mol. The Bertz CT molecular complexity index is 1860. The summed E-state index contributed by atoms with van der Waals surface area (Å²) in [6, 6.07) is 14.3. The molecule has 1 aliphatic heterocycles. The van der Waals surface area contributed by atoms with Gasteiger partial charge in [-0.3, -0.25) is 14.4 Å². The summed E-state index contributed by atoms with van der Waals surface area (Å²) < 4.78 is 19.2. The molecule has 5 rings (SSSR count). The minimum absolute atomic E-state index is 0.0702. The van der Waals surface area contributed by atoms with Crippen LogP contribution in [0.4, 0.5) is 10.5 Å². The Hall–Kier alpha value is -4.26. The van der Waals surface area contributed by atoms with Gasteiger partial charge in [0.25, 0.3) is 0 Å². The average molecular weight is 721 g/mol. The molecule has 0 aliphatic carbocycles. The van der Waals surface area contributed by atoms with Gasteiger partial charge in [-0.15, -0.1) is 21.5 Å². The lowest BCUT2D eigenvalue weighted by molar-refractivity contribution is -0.116. The zero-order valence-electron chi connectivity index (χ0n) is 29.8. The number of hydrogen-bond donors (Lipinski definition) is 2. The number of nitrogens with zero attached hydrogens (tertiary/aromatic N) is 4. The second-order valence-electron chi connectivity index (χ2n) is 13.8. The molecule has 2 aromatic carbocycles. The van der Waals surface area contributed by atoms with Gasteiger partial charge >= 0.3 is 6.09 Å². The number of halogens is 1. The van der Waals surface area contributed by atoms with Gasteiger partial charge in [0, 0.05) is 39.7 Å². The first-order valence-corrected chi connectivity index (χ1v) is 17.8. The molecule has 2 aromatic heterocycles. The van der Waals surface area contributed by atoms with Crippen LogP contribution in [0.2, 0.25) is 5.02 Å². The highest BCUT2D eigenvalue weighted by molar-refractivity contribution is 7.15. The SMILES string of the molecule is Cc1sc2c(c1C)C(c1ccc(Cl)cc1)=N[C@@H](CC(=O)Nc1ccc(OC(C)(C)CCOCCNC(=O)OC(C)(C)C)cc1)c1nnc(C)n1-2. The van der Waals surface area contributed by atoms with E-state index < -0.39 is 23.3 Å². The van der Waals surface area contributed by atoms with Gasteiger partial charge < -0.3 is 24.8 Å². The van der Waals surface area contributed by atoms with E-state index in [0.717, 1.165) is 33.2 Å². The van der Waals surface area contributed by atoms with Crippen LogP contribution < -0.4 is 15.4 Å². The van der Waals surface area contributed by atoms with E-state index in [1.807, 2.05) is 94.6 Å². The predicted molar refractivity (Wildman–Crippen MR) is 197 cm³/mol. The zero-order chi connectivity index (χ0) is 36.2. The van der Waals surface area contributed by atoms with Gasteiger partial charge in [0.2, 0.25) is 5.91 Å². The van der Waals surface area contributed by atoms with Crippen LogP contribution in [-0.4, -0.2) is 63.4 Å². The first kappa shape index (κ1) is 37.0. The molecule has 50 heavy (non-hydrogen) atoms. The summed E-state index contributed by atoms with van der Waals surface area (Å²) in [7, 11) is 0. The molecule has 0 bridgehead atoms. The number of amides is 2. The van der Waals surface area contributed by atoms with Crippen LogP contribution >= 0.6 is 22.9 Å². The maximum Gasteiger partial charge on any atom is 0.407 e. The van der Waals surface area contributed by atoms with Crippen molar-refractivity contribution in [3.63, 3.8) is 0 Å². The van der Waals surface area contributed by atoms with E-state index >= 15 is 0 Å². The van der Waals surface area contributed by atoms with Crippen molar-refractivity contribution in [1.82, 2.24) is 20.1 Å².